The highest BCUT2D eigenvalue weighted by Gasteiger charge is 2.36. The highest BCUT2D eigenvalue weighted by Crippen LogP contribution is 2.31. The van der Waals surface area contributed by atoms with Gasteiger partial charge in [0.25, 0.3) is 0 Å². The zero-order valence-electron chi connectivity index (χ0n) is 16.7. The number of carbonyl (C=O) groups is 2. The van der Waals surface area contributed by atoms with Crippen LogP contribution in [0.25, 0.3) is 0 Å². The Labute approximate surface area is 184 Å². The lowest BCUT2D eigenvalue weighted by Gasteiger charge is -2.30. The molecule has 1 aliphatic heterocycles. The second-order valence-electron chi connectivity index (χ2n) is 6.84. The summed E-state index contributed by atoms with van der Waals surface area (Å²) in [6.45, 7) is 3.49. The predicted molar refractivity (Wildman–Crippen MR) is 113 cm³/mol. The number of hydrogen-bond donors (Lipinski definition) is 2. The molecule has 0 saturated heterocycles. The monoisotopic (exact) mass is 466 g/mol. The van der Waals surface area contributed by atoms with Crippen LogP contribution >= 0.6 is 11.6 Å². The van der Waals surface area contributed by atoms with Crippen LogP contribution in [-0.4, -0.2) is 32.8 Å². The van der Waals surface area contributed by atoms with Gasteiger partial charge in [-0.1, -0.05) is 35.9 Å². The summed E-state index contributed by atoms with van der Waals surface area (Å²) in [7, 11) is -4.08. The minimum atomic E-state index is -4.08. The van der Waals surface area contributed by atoms with Crippen molar-refractivity contribution in [2.45, 2.75) is 24.8 Å². The van der Waals surface area contributed by atoms with Gasteiger partial charge in [-0.3, -0.25) is 0 Å². The minimum absolute atomic E-state index is 0.0208. The molecule has 2 amide bonds. The number of hydrogen-bond acceptors (Lipinski definition) is 5. The number of rotatable bonds is 6. The van der Waals surface area contributed by atoms with Gasteiger partial charge in [0.05, 0.1) is 33.9 Å². The fourth-order valence-electron chi connectivity index (χ4n) is 3.27. The van der Waals surface area contributed by atoms with Crippen LogP contribution in [0.3, 0.4) is 0 Å². The van der Waals surface area contributed by atoms with Crippen LogP contribution in [0.4, 0.5) is 9.18 Å². The van der Waals surface area contributed by atoms with Crippen LogP contribution in [-0.2, 0) is 19.4 Å². The maximum atomic E-state index is 13.5. The number of nitrogens with one attached hydrogen (secondary N) is 2. The molecule has 2 aromatic rings. The predicted octanol–water partition coefficient (Wildman–Crippen LogP) is 3.43. The molecular formula is C21H20ClFN2O5S. The summed E-state index contributed by atoms with van der Waals surface area (Å²) in [5, 5.41) is 4.73. The maximum absolute atomic E-state index is 13.5. The summed E-state index contributed by atoms with van der Waals surface area (Å²) in [5.41, 5.74) is 1.28. The van der Waals surface area contributed by atoms with Crippen molar-refractivity contribution < 1.29 is 27.1 Å². The maximum Gasteiger partial charge on any atom is 0.338 e. The third-order valence-electron chi connectivity index (χ3n) is 4.73. The SMILES string of the molecule is CCOC(=O)C1=C(CS(=O)(=O)c2ccc(F)c(Cl)c2)NC(=O)N[C@H]1c1ccccc1C. The summed E-state index contributed by atoms with van der Waals surface area (Å²) in [6, 6.07) is 8.52. The fraction of sp³-hybridized carbons (Fsp3) is 0.238. The van der Waals surface area contributed by atoms with Crippen molar-refractivity contribution in [3.63, 3.8) is 0 Å². The molecule has 0 saturated carbocycles. The van der Waals surface area contributed by atoms with Crippen molar-refractivity contribution in [3.8, 4) is 0 Å². The Kier molecular flexibility index (Phi) is 6.66. The molecule has 2 N–H and O–H groups in total. The molecule has 0 aliphatic carbocycles. The molecule has 0 unspecified atom stereocenters. The van der Waals surface area contributed by atoms with E-state index in [1.807, 2.05) is 13.0 Å². The summed E-state index contributed by atoms with van der Waals surface area (Å²) in [5.74, 6) is -2.23. The van der Waals surface area contributed by atoms with Crippen molar-refractivity contribution in [1.82, 2.24) is 10.6 Å². The van der Waals surface area contributed by atoms with E-state index in [0.717, 1.165) is 23.8 Å². The van der Waals surface area contributed by atoms with Gasteiger partial charge in [0, 0.05) is 5.70 Å². The quantitative estimate of drug-likeness (QED) is 0.501. The molecule has 7 nitrogen and oxygen atoms in total. The van der Waals surface area contributed by atoms with Crippen LogP contribution in [0.1, 0.15) is 24.1 Å². The van der Waals surface area contributed by atoms with Crippen LogP contribution in [0, 0.1) is 12.7 Å². The molecular weight excluding hydrogens is 447 g/mol. The number of benzene rings is 2. The number of halogens is 2. The second kappa shape index (κ2) is 9.07. The summed E-state index contributed by atoms with van der Waals surface area (Å²) in [4.78, 5) is 24.9. The zero-order chi connectivity index (χ0) is 22.8. The number of esters is 1. The molecule has 0 fully saturated rings. The van der Waals surface area contributed by atoms with Gasteiger partial charge in [0.1, 0.15) is 5.82 Å². The number of urea groups is 1. The molecule has 0 bridgehead atoms. The van der Waals surface area contributed by atoms with E-state index >= 15 is 0 Å². The van der Waals surface area contributed by atoms with E-state index in [1.165, 1.54) is 0 Å². The average molecular weight is 467 g/mol. The van der Waals surface area contributed by atoms with Crippen molar-refractivity contribution >= 4 is 33.4 Å². The molecule has 1 aliphatic rings. The molecule has 0 aromatic heterocycles. The van der Waals surface area contributed by atoms with Crippen LogP contribution in [0.2, 0.25) is 5.02 Å². The summed E-state index contributed by atoms with van der Waals surface area (Å²) < 4.78 is 44.5. The number of ether oxygens (including phenoxy) is 1. The molecule has 0 spiro atoms. The van der Waals surface area contributed by atoms with E-state index in [-0.39, 0.29) is 27.8 Å². The van der Waals surface area contributed by atoms with E-state index in [0.29, 0.717) is 5.56 Å². The van der Waals surface area contributed by atoms with Crippen molar-refractivity contribution in [1.29, 1.82) is 0 Å². The van der Waals surface area contributed by atoms with Gasteiger partial charge < -0.3 is 15.4 Å². The number of aryl methyl sites for hydroxylation is 1. The molecule has 1 heterocycles. The normalized spacial score (nSPS) is 16.5. The highest BCUT2D eigenvalue weighted by molar-refractivity contribution is 7.91. The van der Waals surface area contributed by atoms with E-state index in [2.05, 4.69) is 10.6 Å². The molecule has 2 aromatic carbocycles. The Hall–Kier alpha value is -2.91. The number of amides is 2. The lowest BCUT2D eigenvalue weighted by atomic mass is 9.92. The molecule has 164 valence electrons. The lowest BCUT2D eigenvalue weighted by Crippen LogP contribution is -2.47. The van der Waals surface area contributed by atoms with Gasteiger partial charge >= 0.3 is 12.0 Å². The lowest BCUT2D eigenvalue weighted by molar-refractivity contribution is -0.139. The van der Waals surface area contributed by atoms with Gasteiger partial charge in [-0.15, -0.1) is 0 Å². The second-order valence-corrected chi connectivity index (χ2v) is 9.23. The van der Waals surface area contributed by atoms with E-state index in [4.69, 9.17) is 16.3 Å². The zero-order valence-corrected chi connectivity index (χ0v) is 18.3. The first-order valence-corrected chi connectivity index (χ1v) is 11.4. The van der Waals surface area contributed by atoms with Crippen LogP contribution < -0.4 is 10.6 Å². The topological polar surface area (TPSA) is 102 Å². The smallest absolute Gasteiger partial charge is 0.338 e. The standard InChI is InChI=1S/C21H20ClFN2O5S/c1-3-30-20(26)18-17(11-31(28,29)13-8-9-16(23)15(22)10-13)24-21(27)25-19(18)14-7-5-4-6-12(14)2/h4-10,19H,3,11H2,1-2H3,(H2,24,25,27)/t19-/m0/s1. The molecule has 10 heteroatoms. The van der Waals surface area contributed by atoms with Crippen molar-refractivity contribution in [2.75, 3.05) is 12.4 Å². The van der Waals surface area contributed by atoms with Gasteiger partial charge in [-0.25, -0.2) is 22.4 Å². The Morgan fingerprint density at radius 3 is 2.58 bits per heavy atom. The Morgan fingerprint density at radius 1 is 1.23 bits per heavy atom. The molecule has 0 radical (unpaired) electrons. The largest absolute Gasteiger partial charge is 0.463 e. The Balaban J connectivity index is 2.13. The third kappa shape index (κ3) is 4.88. The van der Waals surface area contributed by atoms with Crippen molar-refractivity contribution in [3.05, 3.63) is 75.7 Å². The van der Waals surface area contributed by atoms with Crippen LogP contribution in [0.15, 0.2) is 58.6 Å². The third-order valence-corrected chi connectivity index (χ3v) is 6.66. The van der Waals surface area contributed by atoms with E-state index < -0.39 is 39.4 Å². The highest BCUT2D eigenvalue weighted by atomic mass is 35.5. The first kappa shape index (κ1) is 22.8. The fourth-order valence-corrected chi connectivity index (χ4v) is 4.86. The van der Waals surface area contributed by atoms with Gasteiger partial charge in [0.15, 0.2) is 9.84 Å². The summed E-state index contributed by atoms with van der Waals surface area (Å²) >= 11 is 5.72. The number of carbonyl (C=O) groups excluding carboxylic acids is 2. The van der Waals surface area contributed by atoms with Gasteiger partial charge in [0.2, 0.25) is 0 Å². The first-order chi connectivity index (χ1) is 14.6. The van der Waals surface area contributed by atoms with E-state index in [9.17, 15) is 22.4 Å². The van der Waals surface area contributed by atoms with Gasteiger partial charge in [-0.2, -0.15) is 0 Å². The Morgan fingerprint density at radius 2 is 1.94 bits per heavy atom. The van der Waals surface area contributed by atoms with Crippen LogP contribution in [0.5, 0.6) is 0 Å². The Bertz CT molecular complexity index is 1180. The van der Waals surface area contributed by atoms with Gasteiger partial charge in [-0.05, 0) is 43.2 Å². The average Bonchev–Trinajstić information content (AvgIpc) is 2.69. The number of sulfone groups is 1. The summed E-state index contributed by atoms with van der Waals surface area (Å²) in [6.07, 6.45) is 0. The van der Waals surface area contributed by atoms with Crippen molar-refractivity contribution in [2.24, 2.45) is 0 Å². The molecule has 3 rings (SSSR count). The molecule has 31 heavy (non-hydrogen) atoms. The first-order valence-electron chi connectivity index (χ1n) is 9.35. The minimum Gasteiger partial charge on any atom is -0.463 e. The molecule has 1 atom stereocenters. The van der Waals surface area contributed by atoms with E-state index in [1.54, 1.807) is 25.1 Å².